The Hall–Kier alpha value is -1.74. The number of aryl methyl sites for hydroxylation is 1. The van der Waals surface area contributed by atoms with Crippen LogP contribution in [-0.2, 0) is 6.42 Å². The van der Waals surface area contributed by atoms with Crippen LogP contribution in [0.1, 0.15) is 12.5 Å². The Bertz CT molecular complexity index is 509. The molecule has 3 N–H and O–H groups in total. The van der Waals surface area contributed by atoms with Gasteiger partial charge in [-0.1, -0.05) is 30.7 Å². The van der Waals surface area contributed by atoms with Crippen molar-refractivity contribution in [1.82, 2.24) is 4.98 Å². The van der Waals surface area contributed by atoms with Gasteiger partial charge in [-0.25, -0.2) is 4.98 Å². The molecule has 0 spiro atoms. The van der Waals surface area contributed by atoms with Gasteiger partial charge in [0.2, 0.25) is 0 Å². The minimum Gasteiger partial charge on any atom is -0.396 e. The van der Waals surface area contributed by atoms with E-state index >= 15 is 0 Å². The molecule has 1 aromatic carbocycles. The van der Waals surface area contributed by atoms with Crippen LogP contribution in [0.15, 0.2) is 36.5 Å². The van der Waals surface area contributed by atoms with Crippen molar-refractivity contribution >= 4 is 28.8 Å². The topological polar surface area (TPSA) is 50.9 Å². The Morgan fingerprint density at radius 2 is 2.00 bits per heavy atom. The molecule has 4 heteroatoms. The fourth-order valence-corrected chi connectivity index (χ4v) is 1.69. The number of pyridine rings is 1. The van der Waals surface area contributed by atoms with E-state index in [0.29, 0.717) is 16.5 Å². The summed E-state index contributed by atoms with van der Waals surface area (Å²) in [4.78, 5) is 4.15. The first-order valence-electron chi connectivity index (χ1n) is 5.46. The van der Waals surface area contributed by atoms with E-state index in [4.69, 9.17) is 17.3 Å². The van der Waals surface area contributed by atoms with Crippen LogP contribution in [0.25, 0.3) is 0 Å². The number of nitrogens with two attached hydrogens (primary N) is 1. The first-order chi connectivity index (χ1) is 8.19. The molecule has 0 unspecified atom stereocenters. The quantitative estimate of drug-likeness (QED) is 0.871. The normalized spacial score (nSPS) is 10.2. The molecule has 0 aliphatic rings. The summed E-state index contributed by atoms with van der Waals surface area (Å²) in [7, 11) is 0. The van der Waals surface area contributed by atoms with E-state index in [0.717, 1.165) is 12.1 Å². The molecular formula is C13H14ClN3. The van der Waals surface area contributed by atoms with Gasteiger partial charge in [0.15, 0.2) is 5.82 Å². The van der Waals surface area contributed by atoms with E-state index in [1.165, 1.54) is 5.56 Å². The van der Waals surface area contributed by atoms with Crippen molar-refractivity contribution in [2.45, 2.75) is 13.3 Å². The first-order valence-corrected chi connectivity index (χ1v) is 5.84. The summed E-state index contributed by atoms with van der Waals surface area (Å²) in [6, 6.07) is 9.85. The molecule has 0 saturated carbocycles. The monoisotopic (exact) mass is 247 g/mol. The highest BCUT2D eigenvalue weighted by Gasteiger charge is 2.02. The van der Waals surface area contributed by atoms with Gasteiger partial charge in [0.25, 0.3) is 0 Å². The number of hydrogen-bond donors (Lipinski definition) is 2. The second-order valence-corrected chi connectivity index (χ2v) is 4.20. The molecule has 1 aromatic heterocycles. The van der Waals surface area contributed by atoms with Gasteiger partial charge in [-0.2, -0.15) is 0 Å². The van der Waals surface area contributed by atoms with Crippen molar-refractivity contribution in [3.05, 3.63) is 47.1 Å². The average Bonchev–Trinajstić information content (AvgIpc) is 2.34. The van der Waals surface area contributed by atoms with Crippen molar-refractivity contribution in [2.75, 3.05) is 11.1 Å². The third-order valence-electron chi connectivity index (χ3n) is 2.51. The molecule has 0 fully saturated rings. The van der Waals surface area contributed by atoms with E-state index in [1.54, 1.807) is 12.3 Å². The third-order valence-corrected chi connectivity index (χ3v) is 2.72. The Kier molecular flexibility index (Phi) is 3.49. The number of hydrogen-bond acceptors (Lipinski definition) is 3. The number of aromatic nitrogens is 1. The first kappa shape index (κ1) is 11.7. The van der Waals surface area contributed by atoms with Gasteiger partial charge in [0.05, 0.1) is 10.7 Å². The smallest absolute Gasteiger partial charge is 0.153 e. The lowest BCUT2D eigenvalue weighted by molar-refractivity contribution is 1.14. The number of benzene rings is 1. The highest BCUT2D eigenvalue weighted by molar-refractivity contribution is 6.30. The van der Waals surface area contributed by atoms with Gasteiger partial charge in [-0.3, -0.25) is 0 Å². The van der Waals surface area contributed by atoms with Gasteiger partial charge in [-0.05, 0) is 30.2 Å². The van der Waals surface area contributed by atoms with Crippen LogP contribution in [0, 0.1) is 0 Å². The molecule has 0 aliphatic carbocycles. The highest BCUT2D eigenvalue weighted by Crippen LogP contribution is 2.23. The SMILES string of the molecule is CCc1ccc(Nc2ncc(Cl)cc2N)cc1. The van der Waals surface area contributed by atoms with Crippen molar-refractivity contribution in [2.24, 2.45) is 0 Å². The Morgan fingerprint density at radius 3 is 2.59 bits per heavy atom. The van der Waals surface area contributed by atoms with Gasteiger partial charge in [0.1, 0.15) is 0 Å². The summed E-state index contributed by atoms with van der Waals surface area (Å²) in [6.07, 6.45) is 2.60. The minimum absolute atomic E-state index is 0.536. The molecule has 17 heavy (non-hydrogen) atoms. The van der Waals surface area contributed by atoms with Crippen molar-refractivity contribution < 1.29 is 0 Å². The Balaban J connectivity index is 2.19. The van der Waals surface area contributed by atoms with Gasteiger partial charge < -0.3 is 11.1 Å². The average molecular weight is 248 g/mol. The van der Waals surface area contributed by atoms with Crippen LogP contribution in [0.4, 0.5) is 17.2 Å². The molecule has 3 nitrogen and oxygen atoms in total. The predicted octanol–water partition coefficient (Wildman–Crippen LogP) is 3.62. The molecular weight excluding hydrogens is 234 g/mol. The van der Waals surface area contributed by atoms with E-state index in [2.05, 4.69) is 29.4 Å². The van der Waals surface area contributed by atoms with E-state index in [1.807, 2.05) is 12.1 Å². The Morgan fingerprint density at radius 1 is 1.29 bits per heavy atom. The van der Waals surface area contributed by atoms with Crippen LogP contribution in [0.2, 0.25) is 5.02 Å². The zero-order chi connectivity index (χ0) is 12.3. The molecule has 0 bridgehead atoms. The molecule has 0 aliphatic heterocycles. The zero-order valence-corrected chi connectivity index (χ0v) is 10.3. The Labute approximate surface area is 106 Å². The molecule has 88 valence electrons. The summed E-state index contributed by atoms with van der Waals surface area (Å²) in [5.41, 5.74) is 8.62. The molecule has 1 heterocycles. The highest BCUT2D eigenvalue weighted by atomic mass is 35.5. The maximum atomic E-state index is 5.82. The fraction of sp³-hybridized carbons (Fsp3) is 0.154. The molecule has 0 saturated heterocycles. The van der Waals surface area contributed by atoms with E-state index < -0.39 is 0 Å². The number of halogens is 1. The van der Waals surface area contributed by atoms with E-state index in [9.17, 15) is 0 Å². The van der Waals surface area contributed by atoms with Crippen LogP contribution in [0.5, 0.6) is 0 Å². The number of nitrogen functional groups attached to an aromatic ring is 1. The summed E-state index contributed by atoms with van der Waals surface area (Å²) in [5, 5.41) is 3.69. The second kappa shape index (κ2) is 5.06. The largest absolute Gasteiger partial charge is 0.396 e. The van der Waals surface area contributed by atoms with Crippen LogP contribution in [-0.4, -0.2) is 4.98 Å². The summed E-state index contributed by atoms with van der Waals surface area (Å²) >= 11 is 5.79. The van der Waals surface area contributed by atoms with Gasteiger partial charge in [-0.15, -0.1) is 0 Å². The number of nitrogens with zero attached hydrogens (tertiary/aromatic N) is 1. The lowest BCUT2D eigenvalue weighted by atomic mass is 10.1. The second-order valence-electron chi connectivity index (χ2n) is 3.77. The zero-order valence-electron chi connectivity index (χ0n) is 9.57. The minimum atomic E-state index is 0.536. The summed E-state index contributed by atoms with van der Waals surface area (Å²) in [5.74, 6) is 0.624. The van der Waals surface area contributed by atoms with Gasteiger partial charge >= 0.3 is 0 Å². The number of anilines is 3. The fourth-order valence-electron chi connectivity index (χ4n) is 1.52. The van der Waals surface area contributed by atoms with Gasteiger partial charge in [0, 0.05) is 11.9 Å². The predicted molar refractivity (Wildman–Crippen MR) is 72.8 cm³/mol. The van der Waals surface area contributed by atoms with E-state index in [-0.39, 0.29) is 0 Å². The summed E-state index contributed by atoms with van der Waals surface area (Å²) < 4.78 is 0. The standard InChI is InChI=1S/C13H14ClN3/c1-2-9-3-5-11(6-4-9)17-13-12(15)7-10(14)8-16-13/h3-8H,2,15H2,1H3,(H,16,17). The lowest BCUT2D eigenvalue weighted by Gasteiger charge is -2.08. The van der Waals surface area contributed by atoms with Crippen molar-refractivity contribution in [1.29, 1.82) is 0 Å². The summed E-state index contributed by atoms with van der Waals surface area (Å²) in [6.45, 7) is 2.13. The third kappa shape index (κ3) is 2.88. The van der Waals surface area contributed by atoms with Crippen LogP contribution >= 0.6 is 11.6 Å². The van der Waals surface area contributed by atoms with Crippen LogP contribution in [0.3, 0.4) is 0 Å². The molecule has 0 radical (unpaired) electrons. The maximum absolute atomic E-state index is 5.82. The van der Waals surface area contributed by atoms with Crippen molar-refractivity contribution in [3.8, 4) is 0 Å². The molecule has 2 aromatic rings. The molecule has 2 rings (SSSR count). The number of rotatable bonds is 3. The molecule has 0 atom stereocenters. The number of nitrogens with one attached hydrogen (secondary N) is 1. The maximum Gasteiger partial charge on any atom is 0.153 e. The van der Waals surface area contributed by atoms with Crippen molar-refractivity contribution in [3.63, 3.8) is 0 Å². The lowest BCUT2D eigenvalue weighted by Crippen LogP contribution is -1.98. The molecule has 0 amide bonds. The van der Waals surface area contributed by atoms with Crippen LogP contribution < -0.4 is 11.1 Å².